The lowest BCUT2D eigenvalue weighted by molar-refractivity contribution is -0.384. The molecule has 1 fully saturated rings. The number of hydrogen-bond acceptors (Lipinski definition) is 5. The molecule has 0 unspecified atom stereocenters. The molecule has 9 heteroatoms. The number of ether oxygens (including phenoxy) is 1. The van der Waals surface area contributed by atoms with Gasteiger partial charge < -0.3 is 19.5 Å². The number of carbonyl (C=O) groups is 1. The third-order valence-corrected chi connectivity index (χ3v) is 4.34. The second-order valence-corrected chi connectivity index (χ2v) is 5.80. The Balaban J connectivity index is 1.62. The number of non-ortho nitro benzene ring substituents is 1. The number of aromatic nitrogens is 2. The van der Waals surface area contributed by atoms with Crippen LogP contribution in [0.4, 0.5) is 16.2 Å². The van der Waals surface area contributed by atoms with E-state index < -0.39 is 4.92 Å². The van der Waals surface area contributed by atoms with Crippen molar-refractivity contribution in [2.24, 2.45) is 0 Å². The van der Waals surface area contributed by atoms with Crippen molar-refractivity contribution in [3.8, 4) is 5.75 Å². The molecule has 2 heterocycles. The van der Waals surface area contributed by atoms with Gasteiger partial charge in [0.15, 0.2) is 0 Å². The van der Waals surface area contributed by atoms with Crippen LogP contribution in [0.1, 0.15) is 18.9 Å². The van der Waals surface area contributed by atoms with Gasteiger partial charge in [0.05, 0.1) is 30.1 Å². The van der Waals surface area contributed by atoms with Crippen LogP contribution in [0.5, 0.6) is 5.75 Å². The number of amides is 2. The van der Waals surface area contributed by atoms with Crippen LogP contribution < -0.4 is 10.1 Å². The highest BCUT2D eigenvalue weighted by molar-refractivity contribution is 5.91. The van der Waals surface area contributed by atoms with E-state index in [0.29, 0.717) is 24.8 Å². The topological polar surface area (TPSA) is 103 Å². The van der Waals surface area contributed by atoms with Crippen LogP contribution in [0.3, 0.4) is 0 Å². The predicted octanol–water partition coefficient (Wildman–Crippen LogP) is 2.67. The van der Waals surface area contributed by atoms with Crippen molar-refractivity contribution in [3.63, 3.8) is 0 Å². The fourth-order valence-corrected chi connectivity index (χ4v) is 2.94. The molecular formula is C16H19N5O4. The standard InChI is InChI=1S/C16H19N5O4/c1-25-15-10-13(21(23)24)2-3-14(15)18-16(22)19-7-4-12(5-8-19)20-9-6-17-11-20/h2-3,6,9-12H,4-5,7-8H2,1H3,(H,18,22). The zero-order chi connectivity index (χ0) is 17.8. The SMILES string of the molecule is COc1cc([N+](=O)[O-])ccc1NC(=O)N1CCC(n2ccnc2)CC1. The molecule has 132 valence electrons. The second kappa shape index (κ2) is 7.20. The van der Waals surface area contributed by atoms with Crippen molar-refractivity contribution in [1.82, 2.24) is 14.5 Å². The number of rotatable bonds is 4. The van der Waals surface area contributed by atoms with Gasteiger partial charge in [-0.1, -0.05) is 0 Å². The van der Waals surface area contributed by atoms with Gasteiger partial charge >= 0.3 is 6.03 Å². The molecule has 0 spiro atoms. The lowest BCUT2D eigenvalue weighted by Gasteiger charge is -2.32. The van der Waals surface area contributed by atoms with Crippen molar-refractivity contribution in [2.75, 3.05) is 25.5 Å². The Morgan fingerprint density at radius 2 is 2.16 bits per heavy atom. The molecule has 0 saturated carbocycles. The van der Waals surface area contributed by atoms with E-state index in [4.69, 9.17) is 4.74 Å². The van der Waals surface area contributed by atoms with Crippen LogP contribution in [0.25, 0.3) is 0 Å². The minimum atomic E-state index is -0.505. The molecule has 9 nitrogen and oxygen atoms in total. The summed E-state index contributed by atoms with van der Waals surface area (Å²) in [6.07, 6.45) is 7.17. The average Bonchev–Trinajstić information content (AvgIpc) is 3.16. The summed E-state index contributed by atoms with van der Waals surface area (Å²) in [7, 11) is 1.41. The number of nitro groups is 1. The molecule has 1 saturated heterocycles. The summed E-state index contributed by atoms with van der Waals surface area (Å²) in [6, 6.07) is 4.22. The van der Waals surface area contributed by atoms with Crippen LogP contribution >= 0.6 is 0 Å². The molecule has 0 atom stereocenters. The molecule has 2 amide bonds. The molecule has 1 aromatic heterocycles. The average molecular weight is 345 g/mol. The van der Waals surface area contributed by atoms with Gasteiger partial charge in [-0.05, 0) is 18.9 Å². The van der Waals surface area contributed by atoms with Gasteiger partial charge in [-0.2, -0.15) is 0 Å². The number of piperidine rings is 1. The maximum Gasteiger partial charge on any atom is 0.321 e. The zero-order valence-electron chi connectivity index (χ0n) is 13.8. The lowest BCUT2D eigenvalue weighted by atomic mass is 10.1. The zero-order valence-corrected chi connectivity index (χ0v) is 13.8. The summed E-state index contributed by atoms with van der Waals surface area (Å²) in [5.41, 5.74) is 0.325. The molecular weight excluding hydrogens is 326 g/mol. The number of anilines is 1. The number of imidazole rings is 1. The Hall–Kier alpha value is -3.10. The van der Waals surface area contributed by atoms with Crippen molar-refractivity contribution in [2.45, 2.75) is 18.9 Å². The number of carbonyl (C=O) groups excluding carboxylic acids is 1. The van der Waals surface area contributed by atoms with Gasteiger partial charge in [0.1, 0.15) is 5.75 Å². The number of benzene rings is 1. The van der Waals surface area contributed by atoms with Gasteiger partial charge in [0, 0.05) is 37.6 Å². The molecule has 1 N–H and O–H groups in total. The molecule has 0 bridgehead atoms. The molecule has 2 aromatic rings. The Labute approximate surface area is 144 Å². The number of nitro benzene ring substituents is 1. The van der Waals surface area contributed by atoms with Crippen LogP contribution in [0.2, 0.25) is 0 Å². The van der Waals surface area contributed by atoms with Crippen molar-refractivity contribution in [3.05, 3.63) is 47.0 Å². The highest BCUT2D eigenvalue weighted by Crippen LogP contribution is 2.30. The number of urea groups is 1. The van der Waals surface area contributed by atoms with E-state index in [0.717, 1.165) is 12.8 Å². The summed E-state index contributed by atoms with van der Waals surface area (Å²) in [5, 5.41) is 13.6. The monoisotopic (exact) mass is 345 g/mol. The predicted molar refractivity (Wildman–Crippen MR) is 90.7 cm³/mol. The first-order valence-electron chi connectivity index (χ1n) is 7.94. The van der Waals surface area contributed by atoms with Gasteiger partial charge in [-0.25, -0.2) is 9.78 Å². The Morgan fingerprint density at radius 1 is 1.40 bits per heavy atom. The molecule has 1 aliphatic heterocycles. The minimum Gasteiger partial charge on any atom is -0.494 e. The number of methoxy groups -OCH3 is 1. The summed E-state index contributed by atoms with van der Waals surface area (Å²) in [5.74, 6) is 0.260. The van der Waals surface area contributed by atoms with Gasteiger partial charge in [-0.15, -0.1) is 0 Å². The first-order valence-corrected chi connectivity index (χ1v) is 7.94. The van der Waals surface area contributed by atoms with Crippen LogP contribution in [0, 0.1) is 10.1 Å². The van der Waals surface area contributed by atoms with Crippen LogP contribution in [0.15, 0.2) is 36.9 Å². The summed E-state index contributed by atoms with van der Waals surface area (Å²) in [6.45, 7) is 1.26. The number of nitrogens with zero attached hydrogens (tertiary/aromatic N) is 4. The van der Waals surface area contributed by atoms with Gasteiger partial charge in [-0.3, -0.25) is 10.1 Å². The molecule has 1 aliphatic rings. The van der Waals surface area contributed by atoms with Crippen LogP contribution in [-0.4, -0.2) is 45.6 Å². The number of likely N-dealkylation sites (tertiary alicyclic amines) is 1. The Morgan fingerprint density at radius 3 is 2.76 bits per heavy atom. The van der Waals surface area contributed by atoms with Gasteiger partial charge in [0.25, 0.3) is 5.69 Å². The maximum atomic E-state index is 12.5. The van der Waals surface area contributed by atoms with E-state index in [1.807, 2.05) is 6.20 Å². The third-order valence-electron chi connectivity index (χ3n) is 4.34. The number of hydrogen-bond donors (Lipinski definition) is 1. The Bertz CT molecular complexity index is 754. The molecule has 1 aromatic carbocycles. The van der Waals surface area contributed by atoms with Crippen molar-refractivity contribution in [1.29, 1.82) is 0 Å². The smallest absolute Gasteiger partial charge is 0.321 e. The van der Waals surface area contributed by atoms with E-state index in [2.05, 4.69) is 14.9 Å². The van der Waals surface area contributed by atoms with E-state index in [-0.39, 0.29) is 17.5 Å². The quantitative estimate of drug-likeness (QED) is 0.678. The lowest BCUT2D eigenvalue weighted by Crippen LogP contribution is -2.41. The number of nitrogens with one attached hydrogen (secondary N) is 1. The van der Waals surface area contributed by atoms with E-state index in [1.165, 1.54) is 25.3 Å². The van der Waals surface area contributed by atoms with Crippen molar-refractivity contribution < 1.29 is 14.5 Å². The largest absolute Gasteiger partial charge is 0.494 e. The van der Waals surface area contributed by atoms with Crippen LogP contribution in [-0.2, 0) is 0 Å². The summed E-state index contributed by atoms with van der Waals surface area (Å²) < 4.78 is 7.21. The normalized spacial score (nSPS) is 15.0. The highest BCUT2D eigenvalue weighted by atomic mass is 16.6. The van der Waals surface area contributed by atoms with E-state index in [9.17, 15) is 14.9 Å². The minimum absolute atomic E-state index is 0.0870. The molecule has 0 aliphatic carbocycles. The molecule has 0 radical (unpaired) electrons. The fraction of sp³-hybridized carbons (Fsp3) is 0.375. The first kappa shape index (κ1) is 16.7. The van der Waals surface area contributed by atoms with Crippen molar-refractivity contribution >= 4 is 17.4 Å². The van der Waals surface area contributed by atoms with Gasteiger partial charge in [0.2, 0.25) is 0 Å². The Kier molecular flexibility index (Phi) is 4.82. The molecule has 25 heavy (non-hydrogen) atoms. The first-order chi connectivity index (χ1) is 12.1. The molecule has 3 rings (SSSR count). The summed E-state index contributed by atoms with van der Waals surface area (Å²) >= 11 is 0. The summed E-state index contributed by atoms with van der Waals surface area (Å²) in [4.78, 5) is 28.6. The maximum absolute atomic E-state index is 12.5. The second-order valence-electron chi connectivity index (χ2n) is 5.80. The highest BCUT2D eigenvalue weighted by Gasteiger charge is 2.24. The van der Waals surface area contributed by atoms with E-state index in [1.54, 1.807) is 17.4 Å². The fourth-order valence-electron chi connectivity index (χ4n) is 2.94. The third kappa shape index (κ3) is 3.70. The van der Waals surface area contributed by atoms with E-state index >= 15 is 0 Å².